The van der Waals surface area contributed by atoms with E-state index in [1.165, 1.54) is 12.1 Å². The predicted octanol–water partition coefficient (Wildman–Crippen LogP) is -0.0996. The molecule has 2 heterocycles. The summed E-state index contributed by atoms with van der Waals surface area (Å²) in [4.78, 5) is 14.6. The van der Waals surface area contributed by atoms with Crippen LogP contribution >= 0.6 is 11.6 Å². The molecule has 0 aliphatic rings. The van der Waals surface area contributed by atoms with Gasteiger partial charge in [0.05, 0.1) is 16.1 Å². The number of anilines is 2. The largest absolute Gasteiger partial charge is 1.00 e. The zero-order chi connectivity index (χ0) is 21.4. The summed E-state index contributed by atoms with van der Waals surface area (Å²) < 4.78 is 2.06. The summed E-state index contributed by atoms with van der Waals surface area (Å²) in [5.74, 6) is 0. The number of nitrogens with one attached hydrogen (secondary N) is 1. The van der Waals surface area contributed by atoms with Gasteiger partial charge in [-0.05, 0) is 18.2 Å². The van der Waals surface area contributed by atoms with Crippen molar-refractivity contribution in [1.29, 1.82) is 0 Å². The predicted molar refractivity (Wildman–Crippen MR) is 115 cm³/mol. The average Bonchev–Trinajstić information content (AvgIpc) is 3.17. The lowest BCUT2D eigenvalue weighted by Gasteiger charge is -2.04. The number of nitrogens with zero attached hydrogens (tertiary/aromatic N) is 5. The molecule has 3 aromatic carbocycles. The first-order valence-electron chi connectivity index (χ1n) is 8.73. The minimum absolute atomic E-state index is 0. The van der Waals surface area contributed by atoms with Gasteiger partial charge in [-0.3, -0.25) is 15.2 Å². The Bertz CT molecular complexity index is 1440. The van der Waals surface area contributed by atoms with Crippen molar-refractivity contribution in [2.75, 3.05) is 11.5 Å². The fraction of sp³-hybridized carbons (Fsp3) is 0.0526. The Labute approximate surface area is 186 Å². The van der Waals surface area contributed by atoms with Crippen LogP contribution in [0.25, 0.3) is 33.1 Å². The summed E-state index contributed by atoms with van der Waals surface area (Å²) in [6, 6.07) is 14.4. The van der Waals surface area contributed by atoms with Gasteiger partial charge in [0, 0.05) is 28.9 Å². The van der Waals surface area contributed by atoms with Gasteiger partial charge in [-0.15, -0.1) is 5.10 Å². The van der Waals surface area contributed by atoms with Crippen LogP contribution in [0.4, 0.5) is 17.1 Å². The van der Waals surface area contributed by atoms with Gasteiger partial charge < -0.3 is 23.9 Å². The zero-order valence-corrected chi connectivity index (χ0v) is 17.6. The van der Waals surface area contributed by atoms with Crippen LogP contribution in [-0.4, -0.2) is 25.3 Å². The monoisotopic (exact) mass is 458 g/mol. The molecule has 0 atom stereocenters. The topological polar surface area (TPSA) is 154 Å². The van der Waals surface area contributed by atoms with Gasteiger partial charge in [-0.1, -0.05) is 28.9 Å². The smallest absolute Gasteiger partial charge is 0.300 e. The van der Waals surface area contributed by atoms with Crippen LogP contribution in [0.2, 0.25) is 5.02 Å². The lowest BCUT2D eigenvalue weighted by atomic mass is 10.2. The molecule has 0 saturated heterocycles. The summed E-state index contributed by atoms with van der Waals surface area (Å²) in [5.41, 5.74) is 17.3. The van der Waals surface area contributed by atoms with Crippen molar-refractivity contribution < 1.29 is 21.9 Å². The Morgan fingerprint density at radius 3 is 2.58 bits per heavy atom. The first-order chi connectivity index (χ1) is 14.3. The highest BCUT2D eigenvalue weighted by molar-refractivity contribution is 6.31. The summed E-state index contributed by atoms with van der Waals surface area (Å²) in [6.07, 6.45) is 0. The number of hydrogen-bond donors (Lipinski definition) is 3. The standard InChI is InChI=1S/C13H12N4.C6H3ClN4O2.ClH/c1-17-11-5-3-2-4-10(11)16-13-9(15)6-8(14)7-12(13)17;7-3-1-4-6(9-10-8-4)5(2-3)11(12)13;/h2-7H,1H3,(H3,14,15);1-2H,(H,8,9,10);1H. The summed E-state index contributed by atoms with van der Waals surface area (Å²) in [5, 5.41) is 20.3. The van der Waals surface area contributed by atoms with E-state index in [0.29, 0.717) is 16.9 Å². The number of H-pyrrole nitrogens is 1. The normalized spacial score (nSPS) is 10.5. The summed E-state index contributed by atoms with van der Waals surface area (Å²) in [6.45, 7) is 0. The molecular formula is C19H16Cl2N8O2. The van der Waals surface area contributed by atoms with E-state index in [1.54, 1.807) is 6.07 Å². The third-order valence-electron chi connectivity index (χ3n) is 4.55. The Morgan fingerprint density at radius 2 is 1.84 bits per heavy atom. The quantitative estimate of drug-likeness (QED) is 0.104. The second-order valence-corrected chi connectivity index (χ2v) is 6.96. The number of hydrogen-bond acceptors (Lipinski definition) is 7. The molecule has 5 rings (SSSR count). The van der Waals surface area contributed by atoms with Crippen molar-refractivity contribution in [3.8, 4) is 0 Å². The average molecular weight is 459 g/mol. The van der Waals surface area contributed by atoms with Crippen molar-refractivity contribution in [3.05, 3.63) is 63.7 Å². The van der Waals surface area contributed by atoms with E-state index in [4.69, 9.17) is 23.1 Å². The lowest BCUT2D eigenvalue weighted by Crippen LogP contribution is -3.00. The van der Waals surface area contributed by atoms with E-state index >= 15 is 0 Å². The van der Waals surface area contributed by atoms with E-state index in [9.17, 15) is 10.1 Å². The molecule has 12 heteroatoms. The minimum atomic E-state index is -0.545. The van der Waals surface area contributed by atoms with Crippen LogP contribution < -0.4 is 28.4 Å². The van der Waals surface area contributed by atoms with E-state index in [2.05, 4.69) is 25.0 Å². The molecule has 2 aromatic heterocycles. The molecule has 0 unspecified atom stereocenters. The van der Waals surface area contributed by atoms with Gasteiger partial charge in [0.1, 0.15) is 12.6 Å². The molecule has 10 nitrogen and oxygen atoms in total. The fourth-order valence-electron chi connectivity index (χ4n) is 3.18. The number of nitrogens with two attached hydrogens (primary N) is 2. The molecule has 0 fully saturated rings. The molecule has 0 amide bonds. The van der Waals surface area contributed by atoms with Gasteiger partial charge >= 0.3 is 5.69 Å². The molecule has 5 N–H and O–H groups in total. The van der Waals surface area contributed by atoms with E-state index in [0.717, 1.165) is 22.1 Å². The molecule has 31 heavy (non-hydrogen) atoms. The zero-order valence-electron chi connectivity index (χ0n) is 16.1. The van der Waals surface area contributed by atoms with E-state index in [1.807, 2.05) is 37.4 Å². The number of aryl methyl sites for hydroxylation is 1. The van der Waals surface area contributed by atoms with Crippen molar-refractivity contribution >= 4 is 61.8 Å². The van der Waals surface area contributed by atoms with Gasteiger partial charge in [-0.25, -0.2) is 4.98 Å². The molecule has 0 aliphatic carbocycles. The van der Waals surface area contributed by atoms with Gasteiger partial charge in [0.2, 0.25) is 11.0 Å². The molecule has 158 valence electrons. The van der Waals surface area contributed by atoms with Crippen LogP contribution in [-0.2, 0) is 7.05 Å². The third kappa shape index (κ3) is 4.11. The number of nitro groups is 1. The number of non-ortho nitro benzene ring substituents is 1. The highest BCUT2D eigenvalue weighted by Crippen LogP contribution is 2.26. The first kappa shape index (κ1) is 21.9. The highest BCUT2D eigenvalue weighted by atomic mass is 35.5. The number of nitro benzene ring substituents is 1. The summed E-state index contributed by atoms with van der Waals surface area (Å²) >= 11 is 5.64. The Kier molecular flexibility index (Phi) is 6.04. The number of rotatable bonds is 1. The molecule has 0 saturated carbocycles. The molecule has 0 bridgehead atoms. The van der Waals surface area contributed by atoms with Crippen molar-refractivity contribution in [3.63, 3.8) is 0 Å². The Balaban J connectivity index is 0.000000176. The number of aromatic nitrogens is 5. The van der Waals surface area contributed by atoms with Crippen LogP contribution in [0.1, 0.15) is 0 Å². The van der Waals surface area contributed by atoms with Crippen LogP contribution in [0.3, 0.4) is 0 Å². The fourth-order valence-corrected chi connectivity index (χ4v) is 3.39. The molecule has 0 aliphatic heterocycles. The Morgan fingerprint density at radius 1 is 1.10 bits per heavy atom. The number of benzene rings is 3. The number of halogens is 2. The highest BCUT2D eigenvalue weighted by Gasteiger charge is 2.16. The van der Waals surface area contributed by atoms with Gasteiger partial charge in [0.15, 0.2) is 11.0 Å². The van der Waals surface area contributed by atoms with Crippen molar-refractivity contribution in [2.24, 2.45) is 7.05 Å². The molecule has 5 aromatic rings. The lowest BCUT2D eigenvalue weighted by molar-refractivity contribution is -0.617. The van der Waals surface area contributed by atoms with Gasteiger partial charge in [0.25, 0.3) is 0 Å². The maximum Gasteiger partial charge on any atom is 0.300 e. The summed E-state index contributed by atoms with van der Waals surface area (Å²) in [7, 11) is 1.99. The minimum Gasteiger partial charge on any atom is -1.00 e. The van der Waals surface area contributed by atoms with Crippen LogP contribution in [0, 0.1) is 10.1 Å². The third-order valence-corrected chi connectivity index (χ3v) is 4.77. The number of para-hydroxylation sites is 2. The second-order valence-electron chi connectivity index (χ2n) is 6.53. The maximum absolute atomic E-state index is 10.5. The van der Waals surface area contributed by atoms with E-state index in [-0.39, 0.29) is 28.6 Å². The van der Waals surface area contributed by atoms with Crippen molar-refractivity contribution in [1.82, 2.24) is 20.4 Å². The number of fused-ring (bicyclic) bond motifs is 3. The van der Waals surface area contributed by atoms with Crippen molar-refractivity contribution in [2.45, 2.75) is 0 Å². The maximum atomic E-state index is 10.5. The second kappa shape index (κ2) is 8.54. The number of aromatic amines is 1. The first-order valence-corrected chi connectivity index (χ1v) is 9.11. The molecule has 0 spiro atoms. The molecular weight excluding hydrogens is 443 g/mol. The number of nitrogen functional groups attached to an aromatic ring is 2. The van der Waals surface area contributed by atoms with Gasteiger partial charge in [-0.2, -0.15) is 4.57 Å². The van der Waals surface area contributed by atoms with E-state index < -0.39 is 4.92 Å². The van der Waals surface area contributed by atoms with Crippen LogP contribution in [0.15, 0.2) is 48.5 Å². The Hall–Kier alpha value is -3.76. The van der Waals surface area contributed by atoms with Crippen LogP contribution in [0.5, 0.6) is 0 Å². The SMILES string of the molecule is C[n+]1c2ccccc2nc2c(N)cc(N)cc21.O=[N+]([O-])c1cc(Cl)cc2[nH]nnc12.[Cl-]. The molecule has 0 radical (unpaired) electrons.